The molecule has 3 aromatic rings. The highest BCUT2D eigenvalue weighted by Crippen LogP contribution is 2.29. The van der Waals surface area contributed by atoms with Crippen LogP contribution in [-0.2, 0) is 9.59 Å². The third-order valence-electron chi connectivity index (χ3n) is 5.43. The van der Waals surface area contributed by atoms with Gasteiger partial charge in [-0.25, -0.2) is 14.1 Å². The number of nitrogens with one attached hydrogen (secondary N) is 1. The number of aryl methyl sites for hydroxylation is 2. The fourth-order valence-electron chi connectivity index (χ4n) is 3.77. The summed E-state index contributed by atoms with van der Waals surface area (Å²) in [6, 6.07) is 10.4. The number of barbiturate groups is 1. The molecule has 0 unspecified atom stereocenters. The highest BCUT2D eigenvalue weighted by molar-refractivity contribution is 9.10. The van der Waals surface area contributed by atoms with Crippen LogP contribution in [0.1, 0.15) is 22.5 Å². The molecule has 0 atom stereocenters. The van der Waals surface area contributed by atoms with Crippen molar-refractivity contribution in [1.29, 1.82) is 0 Å². The fraction of sp³-hybridized carbons (Fsp3) is 0.125. The molecule has 2 heterocycles. The molecule has 168 valence electrons. The SMILES string of the molecule is Cc1cc(N2C(=O)NC(=O)/C(=C\c3cc(C)n(-c4ccc(F)c(Cl)c4)c3C)C2=O)ccc1Br. The first-order valence-electron chi connectivity index (χ1n) is 9.90. The summed E-state index contributed by atoms with van der Waals surface area (Å²) in [5.74, 6) is -2.02. The van der Waals surface area contributed by atoms with Gasteiger partial charge < -0.3 is 4.57 Å². The molecular formula is C24H18BrClFN3O3. The van der Waals surface area contributed by atoms with Gasteiger partial charge in [-0.1, -0.05) is 27.5 Å². The Morgan fingerprint density at radius 1 is 1.00 bits per heavy atom. The van der Waals surface area contributed by atoms with Crippen molar-refractivity contribution in [3.8, 4) is 5.69 Å². The van der Waals surface area contributed by atoms with Crippen molar-refractivity contribution in [1.82, 2.24) is 9.88 Å². The first-order chi connectivity index (χ1) is 15.6. The van der Waals surface area contributed by atoms with Crippen molar-refractivity contribution in [2.75, 3.05) is 4.90 Å². The molecule has 1 saturated heterocycles. The van der Waals surface area contributed by atoms with Crippen LogP contribution < -0.4 is 10.2 Å². The van der Waals surface area contributed by atoms with E-state index >= 15 is 0 Å². The zero-order valence-corrected chi connectivity index (χ0v) is 20.2. The van der Waals surface area contributed by atoms with Gasteiger partial charge in [-0.3, -0.25) is 14.9 Å². The zero-order chi connectivity index (χ0) is 24.0. The standard InChI is InChI=1S/C24H18BrClFN3O3/c1-12-8-16(4-6-19(12)25)30-23(32)18(22(31)28-24(30)33)10-15-9-13(2)29(14(15)3)17-5-7-21(27)20(26)11-17/h4-11H,1-3H3,(H,28,31,33)/b18-10+. The van der Waals surface area contributed by atoms with Crippen LogP contribution in [-0.4, -0.2) is 22.4 Å². The smallest absolute Gasteiger partial charge is 0.318 e. The number of hydrogen-bond donors (Lipinski definition) is 1. The summed E-state index contributed by atoms with van der Waals surface area (Å²) in [7, 11) is 0. The quantitative estimate of drug-likeness (QED) is 0.353. The molecule has 0 radical (unpaired) electrons. The monoisotopic (exact) mass is 529 g/mol. The van der Waals surface area contributed by atoms with E-state index in [1.807, 2.05) is 25.3 Å². The van der Waals surface area contributed by atoms with Gasteiger partial charge in [0.15, 0.2) is 0 Å². The summed E-state index contributed by atoms with van der Waals surface area (Å²) in [4.78, 5) is 39.2. The maximum Gasteiger partial charge on any atom is 0.335 e. The van der Waals surface area contributed by atoms with Crippen molar-refractivity contribution in [3.05, 3.63) is 85.9 Å². The second-order valence-corrected chi connectivity index (χ2v) is 8.91. The van der Waals surface area contributed by atoms with E-state index < -0.39 is 23.7 Å². The number of nitrogens with zero attached hydrogens (tertiary/aromatic N) is 2. The molecule has 1 fully saturated rings. The summed E-state index contributed by atoms with van der Waals surface area (Å²) in [6.07, 6.45) is 1.45. The Bertz CT molecular complexity index is 1380. The summed E-state index contributed by atoms with van der Waals surface area (Å²) in [5, 5.41) is 2.22. The fourth-order valence-corrected chi connectivity index (χ4v) is 4.19. The van der Waals surface area contributed by atoms with Crippen LogP contribution in [0.4, 0.5) is 14.9 Å². The third kappa shape index (κ3) is 4.12. The maximum atomic E-state index is 13.6. The van der Waals surface area contributed by atoms with E-state index in [1.54, 1.807) is 30.3 Å². The van der Waals surface area contributed by atoms with E-state index in [9.17, 15) is 18.8 Å². The van der Waals surface area contributed by atoms with Gasteiger partial charge in [0.25, 0.3) is 11.8 Å². The van der Waals surface area contributed by atoms with Gasteiger partial charge in [0, 0.05) is 21.5 Å². The first kappa shape index (κ1) is 22.9. The number of amides is 4. The largest absolute Gasteiger partial charge is 0.335 e. The predicted octanol–water partition coefficient (Wildman–Crippen LogP) is 5.62. The molecule has 1 aliphatic heterocycles. The molecule has 0 saturated carbocycles. The van der Waals surface area contributed by atoms with E-state index in [4.69, 9.17) is 11.6 Å². The highest BCUT2D eigenvalue weighted by Gasteiger charge is 2.37. The average Bonchev–Trinajstić information content (AvgIpc) is 3.03. The number of urea groups is 1. The van der Waals surface area contributed by atoms with E-state index in [0.29, 0.717) is 22.6 Å². The van der Waals surface area contributed by atoms with Gasteiger partial charge in [-0.05, 0) is 80.4 Å². The molecule has 1 aliphatic rings. The maximum absolute atomic E-state index is 13.6. The minimum Gasteiger partial charge on any atom is -0.318 e. The Morgan fingerprint density at radius 2 is 1.70 bits per heavy atom. The van der Waals surface area contributed by atoms with Crippen LogP contribution in [0.2, 0.25) is 5.02 Å². The number of rotatable bonds is 3. The second kappa shape index (κ2) is 8.61. The van der Waals surface area contributed by atoms with Crippen LogP contribution in [0.25, 0.3) is 11.8 Å². The van der Waals surface area contributed by atoms with Crippen LogP contribution in [0, 0.1) is 26.6 Å². The number of hydrogen-bond acceptors (Lipinski definition) is 3. The lowest BCUT2D eigenvalue weighted by Gasteiger charge is -2.26. The summed E-state index contributed by atoms with van der Waals surface area (Å²) in [6.45, 7) is 5.48. The van der Waals surface area contributed by atoms with Crippen LogP contribution in [0.5, 0.6) is 0 Å². The lowest BCUT2D eigenvalue weighted by molar-refractivity contribution is -0.122. The van der Waals surface area contributed by atoms with Crippen molar-refractivity contribution in [2.45, 2.75) is 20.8 Å². The van der Waals surface area contributed by atoms with Gasteiger partial charge in [-0.2, -0.15) is 0 Å². The highest BCUT2D eigenvalue weighted by atomic mass is 79.9. The number of anilines is 1. The third-order valence-corrected chi connectivity index (χ3v) is 6.61. The van der Waals surface area contributed by atoms with Crippen LogP contribution >= 0.6 is 27.5 Å². The molecule has 4 amide bonds. The molecule has 0 bridgehead atoms. The Kier molecular flexibility index (Phi) is 5.99. The second-order valence-electron chi connectivity index (χ2n) is 7.65. The number of aromatic nitrogens is 1. The lowest BCUT2D eigenvalue weighted by atomic mass is 10.1. The molecule has 2 aromatic carbocycles. The Morgan fingerprint density at radius 3 is 2.36 bits per heavy atom. The first-order valence-corrected chi connectivity index (χ1v) is 11.1. The van der Waals surface area contributed by atoms with Gasteiger partial charge in [-0.15, -0.1) is 0 Å². The van der Waals surface area contributed by atoms with Crippen molar-refractivity contribution < 1.29 is 18.8 Å². The Hall–Kier alpha value is -3.23. The average molecular weight is 531 g/mol. The van der Waals surface area contributed by atoms with E-state index in [1.165, 1.54) is 18.2 Å². The van der Waals surface area contributed by atoms with Crippen molar-refractivity contribution in [3.63, 3.8) is 0 Å². The Balaban J connectivity index is 1.77. The predicted molar refractivity (Wildman–Crippen MR) is 128 cm³/mol. The van der Waals surface area contributed by atoms with Gasteiger partial charge >= 0.3 is 6.03 Å². The lowest BCUT2D eigenvalue weighted by Crippen LogP contribution is -2.54. The van der Waals surface area contributed by atoms with E-state index in [0.717, 1.165) is 20.6 Å². The van der Waals surface area contributed by atoms with Crippen LogP contribution in [0.15, 0.2) is 52.5 Å². The van der Waals surface area contributed by atoms with Gasteiger partial charge in [0.05, 0.1) is 10.7 Å². The summed E-state index contributed by atoms with van der Waals surface area (Å²) < 4.78 is 16.3. The minimum atomic E-state index is -0.810. The molecule has 33 heavy (non-hydrogen) atoms. The molecule has 6 nitrogen and oxygen atoms in total. The molecule has 1 aromatic heterocycles. The van der Waals surface area contributed by atoms with Crippen LogP contribution in [0.3, 0.4) is 0 Å². The number of halogens is 3. The number of carbonyl (C=O) groups is 3. The number of benzene rings is 2. The Labute approximate surface area is 202 Å². The molecule has 1 N–H and O–H groups in total. The van der Waals surface area contributed by atoms with Crippen molar-refractivity contribution in [2.24, 2.45) is 0 Å². The normalized spacial score (nSPS) is 15.4. The van der Waals surface area contributed by atoms with Gasteiger partial charge in [0.1, 0.15) is 11.4 Å². The van der Waals surface area contributed by atoms with Crippen molar-refractivity contribution >= 4 is 57.1 Å². The number of imide groups is 2. The summed E-state index contributed by atoms with van der Waals surface area (Å²) >= 11 is 9.33. The molecule has 0 aliphatic carbocycles. The van der Waals surface area contributed by atoms with Gasteiger partial charge in [0.2, 0.25) is 0 Å². The van der Waals surface area contributed by atoms with E-state index in [-0.39, 0.29) is 10.6 Å². The molecule has 9 heteroatoms. The molecule has 4 rings (SSSR count). The number of carbonyl (C=O) groups excluding carboxylic acids is 3. The summed E-state index contributed by atoms with van der Waals surface area (Å²) in [5.41, 5.74) is 3.76. The molecule has 0 spiro atoms. The molecular weight excluding hydrogens is 513 g/mol. The van der Waals surface area contributed by atoms with E-state index in [2.05, 4.69) is 21.2 Å². The zero-order valence-electron chi connectivity index (χ0n) is 17.9. The minimum absolute atomic E-state index is 0.0133. The topological polar surface area (TPSA) is 71.4 Å².